The van der Waals surface area contributed by atoms with Crippen LogP contribution in [0.3, 0.4) is 0 Å². The van der Waals surface area contributed by atoms with Crippen molar-refractivity contribution in [3.63, 3.8) is 0 Å². The first-order valence-electron chi connectivity index (χ1n) is 7.33. The summed E-state index contributed by atoms with van der Waals surface area (Å²) in [5.74, 6) is -0.349. The smallest absolute Gasteiger partial charge is 0.314 e. The Morgan fingerprint density at radius 2 is 2.10 bits per heavy atom. The molecule has 0 amide bonds. The molecule has 1 N–H and O–H groups in total. The molecule has 4 heteroatoms. The van der Waals surface area contributed by atoms with Crippen molar-refractivity contribution < 1.29 is 9.53 Å². The number of nitrogens with zero attached hydrogens (tertiary/aromatic N) is 1. The molecule has 0 aromatic heterocycles. The van der Waals surface area contributed by atoms with Crippen molar-refractivity contribution in [2.75, 3.05) is 33.3 Å². The molecule has 1 heterocycles. The Hall–Kier alpha value is -1.39. The van der Waals surface area contributed by atoms with E-state index in [4.69, 9.17) is 4.74 Å². The van der Waals surface area contributed by atoms with Gasteiger partial charge in [0, 0.05) is 25.7 Å². The SMILES string of the molecule is CCCN(CC(C(=O)OC)c1ccccc1)C1CNC1. The van der Waals surface area contributed by atoms with E-state index in [1.54, 1.807) is 0 Å². The molecule has 1 saturated heterocycles. The standard InChI is InChI=1S/C16H24N2O2/c1-3-9-18(14-10-17-11-14)12-15(16(19)20-2)13-7-5-4-6-8-13/h4-8,14-15,17H,3,9-12H2,1-2H3. The van der Waals surface area contributed by atoms with E-state index in [-0.39, 0.29) is 11.9 Å². The van der Waals surface area contributed by atoms with Crippen molar-refractivity contribution in [1.29, 1.82) is 0 Å². The van der Waals surface area contributed by atoms with E-state index in [1.165, 1.54) is 7.11 Å². The minimum absolute atomic E-state index is 0.149. The van der Waals surface area contributed by atoms with Gasteiger partial charge in [0.2, 0.25) is 0 Å². The van der Waals surface area contributed by atoms with Gasteiger partial charge in [-0.1, -0.05) is 37.3 Å². The third kappa shape index (κ3) is 3.58. The van der Waals surface area contributed by atoms with Crippen LogP contribution in [0.5, 0.6) is 0 Å². The third-order valence-corrected chi connectivity index (χ3v) is 3.89. The van der Waals surface area contributed by atoms with Crippen LogP contribution in [0.25, 0.3) is 0 Å². The van der Waals surface area contributed by atoms with Gasteiger partial charge in [-0.3, -0.25) is 9.69 Å². The summed E-state index contributed by atoms with van der Waals surface area (Å²) in [6.07, 6.45) is 1.10. The molecule has 1 aliphatic rings. The average molecular weight is 276 g/mol. The maximum Gasteiger partial charge on any atom is 0.314 e. The Labute approximate surface area is 121 Å². The predicted octanol–water partition coefficient (Wildman–Crippen LogP) is 1.63. The van der Waals surface area contributed by atoms with E-state index < -0.39 is 0 Å². The highest BCUT2D eigenvalue weighted by Crippen LogP contribution is 2.21. The number of esters is 1. The first-order valence-corrected chi connectivity index (χ1v) is 7.33. The number of benzene rings is 1. The van der Waals surface area contributed by atoms with E-state index in [0.29, 0.717) is 6.04 Å². The minimum Gasteiger partial charge on any atom is -0.469 e. The van der Waals surface area contributed by atoms with Gasteiger partial charge in [0.05, 0.1) is 13.0 Å². The second kappa shape index (κ2) is 7.41. The maximum atomic E-state index is 12.1. The largest absolute Gasteiger partial charge is 0.469 e. The van der Waals surface area contributed by atoms with Gasteiger partial charge in [-0.25, -0.2) is 0 Å². The highest BCUT2D eigenvalue weighted by atomic mass is 16.5. The van der Waals surface area contributed by atoms with Gasteiger partial charge in [-0.05, 0) is 18.5 Å². The Morgan fingerprint density at radius 1 is 1.40 bits per heavy atom. The molecule has 1 fully saturated rings. The summed E-state index contributed by atoms with van der Waals surface area (Å²) in [6.45, 7) is 5.96. The number of ether oxygens (including phenoxy) is 1. The Morgan fingerprint density at radius 3 is 2.60 bits per heavy atom. The molecule has 20 heavy (non-hydrogen) atoms. The molecule has 0 bridgehead atoms. The number of hydrogen-bond acceptors (Lipinski definition) is 4. The topological polar surface area (TPSA) is 41.6 Å². The molecule has 1 unspecified atom stereocenters. The fraction of sp³-hybridized carbons (Fsp3) is 0.562. The van der Waals surface area contributed by atoms with Crippen molar-refractivity contribution in [2.24, 2.45) is 0 Å². The molecule has 2 rings (SSSR count). The normalized spacial score (nSPS) is 16.8. The lowest BCUT2D eigenvalue weighted by Crippen LogP contribution is -2.58. The Balaban J connectivity index is 2.11. The van der Waals surface area contributed by atoms with Crippen LogP contribution in [0.4, 0.5) is 0 Å². The van der Waals surface area contributed by atoms with Crippen LogP contribution in [0, 0.1) is 0 Å². The highest BCUT2D eigenvalue weighted by Gasteiger charge is 2.30. The average Bonchev–Trinajstić information content (AvgIpc) is 2.43. The lowest BCUT2D eigenvalue weighted by Gasteiger charge is -2.39. The first kappa shape index (κ1) is 15.0. The second-order valence-corrected chi connectivity index (χ2v) is 5.29. The monoisotopic (exact) mass is 276 g/mol. The summed E-state index contributed by atoms with van der Waals surface area (Å²) in [4.78, 5) is 14.5. The van der Waals surface area contributed by atoms with Gasteiger partial charge in [-0.2, -0.15) is 0 Å². The van der Waals surface area contributed by atoms with Gasteiger partial charge in [0.1, 0.15) is 0 Å². The zero-order chi connectivity index (χ0) is 14.4. The summed E-state index contributed by atoms with van der Waals surface area (Å²) in [5, 5.41) is 3.30. The number of carbonyl (C=O) groups is 1. The molecule has 1 aliphatic heterocycles. The lowest BCUT2D eigenvalue weighted by atomic mass is 9.97. The van der Waals surface area contributed by atoms with Gasteiger partial charge in [0.15, 0.2) is 0 Å². The van der Waals surface area contributed by atoms with E-state index in [0.717, 1.165) is 38.2 Å². The van der Waals surface area contributed by atoms with Crippen LogP contribution in [-0.4, -0.2) is 50.2 Å². The van der Waals surface area contributed by atoms with Crippen molar-refractivity contribution in [3.05, 3.63) is 35.9 Å². The van der Waals surface area contributed by atoms with E-state index in [1.807, 2.05) is 30.3 Å². The predicted molar refractivity (Wildman–Crippen MR) is 79.7 cm³/mol. The van der Waals surface area contributed by atoms with Crippen LogP contribution in [-0.2, 0) is 9.53 Å². The zero-order valence-electron chi connectivity index (χ0n) is 12.3. The van der Waals surface area contributed by atoms with Crippen LogP contribution >= 0.6 is 0 Å². The summed E-state index contributed by atoms with van der Waals surface area (Å²) >= 11 is 0. The molecule has 110 valence electrons. The molecule has 0 spiro atoms. The molecule has 0 radical (unpaired) electrons. The van der Waals surface area contributed by atoms with Gasteiger partial charge >= 0.3 is 5.97 Å². The summed E-state index contributed by atoms with van der Waals surface area (Å²) in [7, 11) is 1.47. The number of nitrogens with one attached hydrogen (secondary N) is 1. The van der Waals surface area contributed by atoms with Crippen molar-refractivity contribution in [2.45, 2.75) is 25.3 Å². The summed E-state index contributed by atoms with van der Waals surface area (Å²) in [5.41, 5.74) is 1.03. The molecular formula is C16H24N2O2. The summed E-state index contributed by atoms with van der Waals surface area (Å²) < 4.78 is 5.00. The van der Waals surface area contributed by atoms with E-state index >= 15 is 0 Å². The number of methoxy groups -OCH3 is 1. The van der Waals surface area contributed by atoms with Gasteiger partial charge in [0.25, 0.3) is 0 Å². The van der Waals surface area contributed by atoms with Crippen molar-refractivity contribution in [1.82, 2.24) is 10.2 Å². The van der Waals surface area contributed by atoms with Crippen LogP contribution < -0.4 is 5.32 Å². The third-order valence-electron chi connectivity index (χ3n) is 3.89. The second-order valence-electron chi connectivity index (χ2n) is 5.29. The summed E-state index contributed by atoms with van der Waals surface area (Å²) in [6, 6.07) is 10.5. The minimum atomic E-state index is -0.201. The highest BCUT2D eigenvalue weighted by molar-refractivity contribution is 5.78. The van der Waals surface area contributed by atoms with Crippen molar-refractivity contribution in [3.8, 4) is 0 Å². The molecule has 1 atom stereocenters. The number of hydrogen-bond donors (Lipinski definition) is 1. The van der Waals surface area contributed by atoms with Crippen LogP contribution in [0.2, 0.25) is 0 Å². The van der Waals surface area contributed by atoms with Crippen molar-refractivity contribution >= 4 is 5.97 Å². The lowest BCUT2D eigenvalue weighted by molar-refractivity contribution is -0.143. The van der Waals surface area contributed by atoms with E-state index in [9.17, 15) is 4.79 Å². The Kier molecular flexibility index (Phi) is 5.56. The van der Waals surface area contributed by atoms with Crippen LogP contribution in [0.1, 0.15) is 24.8 Å². The number of rotatable bonds is 7. The molecule has 4 nitrogen and oxygen atoms in total. The fourth-order valence-electron chi connectivity index (χ4n) is 2.62. The Bertz CT molecular complexity index is 418. The van der Waals surface area contributed by atoms with Crippen LogP contribution in [0.15, 0.2) is 30.3 Å². The number of carbonyl (C=O) groups excluding carboxylic acids is 1. The van der Waals surface area contributed by atoms with Gasteiger partial charge in [-0.15, -0.1) is 0 Å². The first-order chi connectivity index (χ1) is 9.76. The molecule has 1 aromatic rings. The maximum absolute atomic E-state index is 12.1. The molecule has 0 aliphatic carbocycles. The fourth-order valence-corrected chi connectivity index (χ4v) is 2.62. The molecule has 1 aromatic carbocycles. The zero-order valence-corrected chi connectivity index (χ0v) is 12.3. The quantitative estimate of drug-likeness (QED) is 0.769. The molecule has 0 saturated carbocycles. The van der Waals surface area contributed by atoms with E-state index in [2.05, 4.69) is 17.1 Å². The molecular weight excluding hydrogens is 252 g/mol. The van der Waals surface area contributed by atoms with Gasteiger partial charge < -0.3 is 10.1 Å².